The molecular weight excluding hydrogens is 286 g/mol. The minimum absolute atomic E-state index is 0.0373. The smallest absolute Gasteiger partial charge is 0.310 e. The predicted octanol–water partition coefficient (Wildman–Crippen LogP) is 0.757. The Morgan fingerprint density at radius 2 is 2.05 bits per heavy atom. The molecule has 1 heterocycles. The summed E-state index contributed by atoms with van der Waals surface area (Å²) in [4.78, 5) is 34.1. The highest BCUT2D eigenvalue weighted by atomic mass is 16.5. The number of benzene rings is 1. The number of esters is 1. The van der Waals surface area contributed by atoms with E-state index in [0.717, 1.165) is 29.2 Å². The number of nitrogens with one attached hydrogen (secondary N) is 1. The fourth-order valence-corrected chi connectivity index (χ4v) is 2.20. The molecule has 0 bridgehead atoms. The molecule has 1 aromatic rings. The summed E-state index contributed by atoms with van der Waals surface area (Å²) in [6.45, 7) is 2.03. The number of amides is 2. The van der Waals surface area contributed by atoms with E-state index in [-0.39, 0.29) is 25.2 Å². The maximum absolute atomic E-state index is 11.8. The fourth-order valence-electron chi connectivity index (χ4n) is 2.20. The number of aliphatic hydroxyl groups is 1. The van der Waals surface area contributed by atoms with E-state index in [4.69, 9.17) is 9.84 Å². The second-order valence-electron chi connectivity index (χ2n) is 4.94. The van der Waals surface area contributed by atoms with Gasteiger partial charge in [-0.2, -0.15) is 0 Å². The maximum atomic E-state index is 11.8. The van der Waals surface area contributed by atoms with Crippen molar-refractivity contribution in [1.29, 1.82) is 0 Å². The molecular formula is C16H17NO5. The minimum Gasteiger partial charge on any atom is -0.461 e. The fraction of sp³-hybridized carbons (Fsp3) is 0.312. The summed E-state index contributed by atoms with van der Waals surface area (Å²) >= 11 is 0. The molecule has 0 unspecified atom stereocenters. The van der Waals surface area contributed by atoms with Gasteiger partial charge in [0.1, 0.15) is 6.61 Å². The van der Waals surface area contributed by atoms with Gasteiger partial charge >= 0.3 is 5.97 Å². The standard InChI is InChI=1S/C16H17NO5/c1-2-11-5-10(8-18)3-4-12(11)9-22-15(20)7-13-6-14(19)17-16(13)21/h3-6,18H,2,7-9H2,1H3,(H,17,19,21). The maximum Gasteiger partial charge on any atom is 0.310 e. The largest absolute Gasteiger partial charge is 0.461 e. The van der Waals surface area contributed by atoms with Crippen molar-refractivity contribution in [3.8, 4) is 0 Å². The van der Waals surface area contributed by atoms with E-state index in [1.165, 1.54) is 0 Å². The minimum atomic E-state index is -0.565. The zero-order valence-corrected chi connectivity index (χ0v) is 12.2. The van der Waals surface area contributed by atoms with Gasteiger partial charge in [-0.05, 0) is 23.1 Å². The van der Waals surface area contributed by atoms with Crippen LogP contribution in [-0.4, -0.2) is 22.9 Å². The first-order valence-corrected chi connectivity index (χ1v) is 6.96. The van der Waals surface area contributed by atoms with Crippen molar-refractivity contribution in [3.63, 3.8) is 0 Å². The Hall–Kier alpha value is -2.47. The van der Waals surface area contributed by atoms with Gasteiger partial charge in [-0.3, -0.25) is 19.7 Å². The van der Waals surface area contributed by atoms with E-state index in [2.05, 4.69) is 5.32 Å². The van der Waals surface area contributed by atoms with Gasteiger partial charge in [-0.15, -0.1) is 0 Å². The van der Waals surface area contributed by atoms with E-state index >= 15 is 0 Å². The lowest BCUT2D eigenvalue weighted by molar-refractivity contribution is -0.144. The third-order valence-corrected chi connectivity index (χ3v) is 3.39. The summed E-state index contributed by atoms with van der Waals surface area (Å²) in [5.74, 6) is -1.63. The molecule has 1 aliphatic rings. The highest BCUT2D eigenvalue weighted by molar-refractivity contribution is 6.17. The highest BCUT2D eigenvalue weighted by Crippen LogP contribution is 2.16. The van der Waals surface area contributed by atoms with Gasteiger partial charge in [0.05, 0.1) is 13.0 Å². The number of imide groups is 1. The molecule has 0 radical (unpaired) electrons. The first-order valence-electron chi connectivity index (χ1n) is 6.96. The van der Waals surface area contributed by atoms with Crippen LogP contribution >= 0.6 is 0 Å². The summed E-state index contributed by atoms with van der Waals surface area (Å²) in [7, 11) is 0. The molecule has 0 saturated heterocycles. The van der Waals surface area contributed by atoms with Crippen LogP contribution in [0.4, 0.5) is 0 Å². The summed E-state index contributed by atoms with van der Waals surface area (Å²) in [5.41, 5.74) is 2.76. The summed E-state index contributed by atoms with van der Waals surface area (Å²) < 4.78 is 5.16. The van der Waals surface area contributed by atoms with Gasteiger partial charge in [0, 0.05) is 11.6 Å². The average molecular weight is 303 g/mol. The Kier molecular flexibility index (Phi) is 5.06. The third kappa shape index (κ3) is 3.79. The van der Waals surface area contributed by atoms with Crippen molar-refractivity contribution >= 4 is 17.8 Å². The van der Waals surface area contributed by atoms with Crippen molar-refractivity contribution in [2.75, 3.05) is 0 Å². The van der Waals surface area contributed by atoms with Crippen LogP contribution in [0.3, 0.4) is 0 Å². The van der Waals surface area contributed by atoms with Gasteiger partial charge in [0.2, 0.25) is 0 Å². The van der Waals surface area contributed by atoms with Crippen LogP contribution in [0.5, 0.6) is 0 Å². The molecule has 116 valence electrons. The third-order valence-electron chi connectivity index (χ3n) is 3.39. The van der Waals surface area contributed by atoms with Crippen LogP contribution in [0.2, 0.25) is 0 Å². The number of aryl methyl sites for hydroxylation is 1. The van der Waals surface area contributed by atoms with Crippen LogP contribution in [-0.2, 0) is 38.8 Å². The molecule has 0 aromatic heterocycles. The number of hydrogen-bond donors (Lipinski definition) is 2. The Morgan fingerprint density at radius 3 is 2.64 bits per heavy atom. The molecule has 2 N–H and O–H groups in total. The van der Waals surface area contributed by atoms with Crippen LogP contribution < -0.4 is 5.32 Å². The van der Waals surface area contributed by atoms with Crippen molar-refractivity contribution in [3.05, 3.63) is 46.5 Å². The topological polar surface area (TPSA) is 92.7 Å². The number of carbonyl (C=O) groups excluding carboxylic acids is 3. The SMILES string of the molecule is CCc1cc(CO)ccc1COC(=O)CC1=CC(=O)NC1=O. The molecule has 0 spiro atoms. The molecule has 0 saturated carbocycles. The molecule has 0 aliphatic carbocycles. The van der Waals surface area contributed by atoms with Crippen molar-refractivity contribution in [2.45, 2.75) is 33.0 Å². The molecule has 6 heteroatoms. The van der Waals surface area contributed by atoms with Crippen LogP contribution in [0, 0.1) is 0 Å². The van der Waals surface area contributed by atoms with Crippen molar-refractivity contribution < 1.29 is 24.2 Å². The lowest BCUT2D eigenvalue weighted by atomic mass is 10.0. The Bertz CT molecular complexity index is 648. The van der Waals surface area contributed by atoms with E-state index in [1.54, 1.807) is 6.07 Å². The molecule has 0 fully saturated rings. The lowest BCUT2D eigenvalue weighted by Gasteiger charge is -2.10. The van der Waals surface area contributed by atoms with E-state index in [0.29, 0.717) is 0 Å². The quantitative estimate of drug-likeness (QED) is 0.598. The van der Waals surface area contributed by atoms with Gasteiger partial charge in [-0.25, -0.2) is 0 Å². The van der Waals surface area contributed by atoms with E-state index < -0.39 is 17.8 Å². The molecule has 2 amide bonds. The van der Waals surface area contributed by atoms with Gasteiger partial charge in [0.15, 0.2) is 0 Å². The average Bonchev–Trinajstić information content (AvgIpc) is 2.82. The Morgan fingerprint density at radius 1 is 1.27 bits per heavy atom. The van der Waals surface area contributed by atoms with E-state index in [9.17, 15) is 14.4 Å². The lowest BCUT2D eigenvalue weighted by Crippen LogP contribution is -2.23. The zero-order chi connectivity index (χ0) is 16.1. The first kappa shape index (κ1) is 15.9. The van der Waals surface area contributed by atoms with Crippen molar-refractivity contribution in [2.24, 2.45) is 0 Å². The number of hydrogen-bond acceptors (Lipinski definition) is 5. The van der Waals surface area contributed by atoms with Crippen LogP contribution in [0.25, 0.3) is 0 Å². The summed E-state index contributed by atoms with van der Waals surface area (Å²) in [6.07, 6.45) is 1.63. The highest BCUT2D eigenvalue weighted by Gasteiger charge is 2.23. The number of aliphatic hydroxyl groups excluding tert-OH is 1. The van der Waals surface area contributed by atoms with E-state index in [1.807, 2.05) is 19.1 Å². The monoisotopic (exact) mass is 303 g/mol. The first-order chi connectivity index (χ1) is 10.5. The molecule has 22 heavy (non-hydrogen) atoms. The van der Waals surface area contributed by atoms with Crippen LogP contribution in [0.15, 0.2) is 29.8 Å². The Labute approximate surface area is 127 Å². The molecule has 2 rings (SSSR count). The normalized spacial score (nSPS) is 13.8. The van der Waals surface area contributed by atoms with Gasteiger partial charge in [-0.1, -0.05) is 25.1 Å². The molecule has 1 aromatic carbocycles. The number of rotatable bonds is 6. The number of ether oxygens (including phenoxy) is 1. The van der Waals surface area contributed by atoms with Crippen molar-refractivity contribution in [1.82, 2.24) is 5.32 Å². The second-order valence-corrected chi connectivity index (χ2v) is 4.94. The predicted molar refractivity (Wildman–Crippen MR) is 77.4 cm³/mol. The molecule has 1 aliphatic heterocycles. The molecule has 0 atom stereocenters. The zero-order valence-electron chi connectivity index (χ0n) is 12.2. The number of carbonyl (C=O) groups is 3. The molecule has 6 nitrogen and oxygen atoms in total. The van der Waals surface area contributed by atoms with Gasteiger partial charge in [0.25, 0.3) is 11.8 Å². The van der Waals surface area contributed by atoms with Crippen LogP contribution in [0.1, 0.15) is 30.0 Å². The summed E-state index contributed by atoms with van der Waals surface area (Å²) in [6, 6.07) is 5.45. The Balaban J connectivity index is 1.95. The second kappa shape index (κ2) is 7.00. The van der Waals surface area contributed by atoms with Gasteiger partial charge < -0.3 is 9.84 Å². The summed E-state index contributed by atoms with van der Waals surface area (Å²) in [5, 5.41) is 11.2.